The fourth-order valence-corrected chi connectivity index (χ4v) is 2.95. The zero-order valence-corrected chi connectivity index (χ0v) is 14.2. The second kappa shape index (κ2) is 6.40. The summed E-state index contributed by atoms with van der Waals surface area (Å²) < 4.78 is 5.71. The van der Waals surface area contributed by atoms with E-state index in [1.807, 2.05) is 0 Å². The Morgan fingerprint density at radius 1 is 1.36 bits per heavy atom. The van der Waals surface area contributed by atoms with Crippen LogP contribution in [0.25, 0.3) is 11.5 Å². The normalized spacial score (nSPS) is 16.5. The standard InChI is InChI=1S/C16H17N5O3S/c22-21(23)13-3-1-2-10(8-13)15-19-18-14(24-15)9-20(12-6-7-12)16(25)17-11-4-5-11/h1-3,8,11-12H,4-7,9H2,(H,17,25). The fraction of sp³-hybridized carbons (Fsp3) is 0.438. The van der Waals surface area contributed by atoms with Gasteiger partial charge in [-0.05, 0) is 44.0 Å². The van der Waals surface area contributed by atoms with Crippen molar-refractivity contribution in [1.29, 1.82) is 0 Å². The number of aromatic nitrogens is 2. The molecular formula is C16H17N5O3S. The molecule has 4 rings (SSSR count). The Kier molecular flexibility index (Phi) is 4.08. The summed E-state index contributed by atoms with van der Waals surface area (Å²) in [5, 5.41) is 23.1. The van der Waals surface area contributed by atoms with E-state index in [9.17, 15) is 10.1 Å². The van der Waals surface area contributed by atoms with Crippen LogP contribution >= 0.6 is 12.2 Å². The molecule has 1 aromatic carbocycles. The maximum absolute atomic E-state index is 10.9. The van der Waals surface area contributed by atoms with Crippen molar-refractivity contribution in [3.63, 3.8) is 0 Å². The van der Waals surface area contributed by atoms with Gasteiger partial charge in [0.1, 0.15) is 0 Å². The van der Waals surface area contributed by atoms with Crippen molar-refractivity contribution in [1.82, 2.24) is 20.4 Å². The molecule has 2 fully saturated rings. The van der Waals surface area contributed by atoms with E-state index in [0.29, 0.717) is 30.1 Å². The highest BCUT2D eigenvalue weighted by atomic mass is 32.1. The van der Waals surface area contributed by atoms with Crippen LogP contribution in [0.2, 0.25) is 0 Å². The van der Waals surface area contributed by atoms with E-state index in [4.69, 9.17) is 16.6 Å². The summed E-state index contributed by atoms with van der Waals surface area (Å²) in [4.78, 5) is 12.5. The summed E-state index contributed by atoms with van der Waals surface area (Å²) in [7, 11) is 0. The average Bonchev–Trinajstić information content (AvgIpc) is 3.53. The van der Waals surface area contributed by atoms with Crippen LogP contribution in [0.5, 0.6) is 0 Å². The van der Waals surface area contributed by atoms with Crippen molar-refractivity contribution in [3.8, 4) is 11.5 Å². The van der Waals surface area contributed by atoms with Gasteiger partial charge in [0.2, 0.25) is 11.8 Å². The molecule has 0 aliphatic heterocycles. The molecule has 2 aliphatic rings. The van der Waals surface area contributed by atoms with Crippen LogP contribution in [0.4, 0.5) is 5.69 Å². The molecule has 130 valence electrons. The number of nitrogens with zero attached hydrogens (tertiary/aromatic N) is 4. The molecule has 1 aromatic heterocycles. The van der Waals surface area contributed by atoms with E-state index in [2.05, 4.69) is 20.4 Å². The Morgan fingerprint density at radius 3 is 2.84 bits per heavy atom. The zero-order chi connectivity index (χ0) is 17.4. The summed E-state index contributed by atoms with van der Waals surface area (Å²) in [6.45, 7) is 0.450. The van der Waals surface area contributed by atoms with Crippen LogP contribution in [0, 0.1) is 10.1 Å². The molecule has 0 unspecified atom stereocenters. The lowest BCUT2D eigenvalue weighted by Crippen LogP contribution is -2.41. The van der Waals surface area contributed by atoms with Gasteiger partial charge in [0.05, 0.1) is 11.5 Å². The first-order valence-corrected chi connectivity index (χ1v) is 8.65. The molecule has 0 radical (unpaired) electrons. The molecule has 25 heavy (non-hydrogen) atoms. The molecule has 2 saturated carbocycles. The van der Waals surface area contributed by atoms with Crippen molar-refractivity contribution in [2.75, 3.05) is 0 Å². The number of benzene rings is 1. The first-order valence-electron chi connectivity index (χ1n) is 8.24. The fourth-order valence-electron chi connectivity index (χ4n) is 2.57. The van der Waals surface area contributed by atoms with Gasteiger partial charge >= 0.3 is 0 Å². The Bertz CT molecular complexity index is 816. The van der Waals surface area contributed by atoms with Crippen LogP contribution in [0.3, 0.4) is 0 Å². The number of nitro groups is 1. The molecule has 0 bridgehead atoms. The van der Waals surface area contributed by atoms with Gasteiger partial charge in [-0.15, -0.1) is 10.2 Å². The summed E-state index contributed by atoms with van der Waals surface area (Å²) in [6, 6.07) is 7.08. The second-order valence-corrected chi connectivity index (χ2v) is 6.78. The van der Waals surface area contributed by atoms with Crippen molar-refractivity contribution in [2.45, 2.75) is 44.3 Å². The van der Waals surface area contributed by atoms with E-state index in [1.54, 1.807) is 12.1 Å². The van der Waals surface area contributed by atoms with Crippen LogP contribution in [0.1, 0.15) is 31.6 Å². The minimum Gasteiger partial charge on any atom is -0.419 e. The Morgan fingerprint density at radius 2 is 2.16 bits per heavy atom. The highest BCUT2D eigenvalue weighted by Gasteiger charge is 2.34. The van der Waals surface area contributed by atoms with Crippen LogP contribution in [0.15, 0.2) is 28.7 Å². The molecular weight excluding hydrogens is 342 g/mol. The number of hydrogen-bond acceptors (Lipinski definition) is 6. The third kappa shape index (κ3) is 3.76. The zero-order valence-electron chi connectivity index (χ0n) is 13.4. The van der Waals surface area contributed by atoms with Gasteiger partial charge in [0.25, 0.3) is 5.69 Å². The van der Waals surface area contributed by atoms with Gasteiger partial charge in [0, 0.05) is 29.8 Å². The van der Waals surface area contributed by atoms with Crippen molar-refractivity contribution >= 4 is 23.0 Å². The third-order valence-electron chi connectivity index (χ3n) is 4.23. The second-order valence-electron chi connectivity index (χ2n) is 6.39. The molecule has 1 heterocycles. The van der Waals surface area contributed by atoms with Gasteiger partial charge < -0.3 is 14.6 Å². The van der Waals surface area contributed by atoms with E-state index < -0.39 is 4.92 Å². The Balaban J connectivity index is 1.49. The van der Waals surface area contributed by atoms with E-state index in [0.717, 1.165) is 30.8 Å². The Labute approximate surface area is 149 Å². The highest BCUT2D eigenvalue weighted by molar-refractivity contribution is 7.80. The highest BCUT2D eigenvalue weighted by Crippen LogP contribution is 2.30. The number of non-ortho nitro benzene ring substituents is 1. The molecule has 1 N–H and O–H groups in total. The quantitative estimate of drug-likeness (QED) is 0.478. The van der Waals surface area contributed by atoms with Gasteiger partial charge in [-0.25, -0.2) is 0 Å². The summed E-state index contributed by atoms with van der Waals surface area (Å²) in [5.74, 6) is 0.726. The molecule has 0 atom stereocenters. The molecule has 0 saturated heterocycles. The summed E-state index contributed by atoms with van der Waals surface area (Å²) in [5.41, 5.74) is 0.524. The monoisotopic (exact) mass is 359 g/mol. The number of thiocarbonyl (C=S) groups is 1. The largest absolute Gasteiger partial charge is 0.419 e. The molecule has 2 aromatic rings. The molecule has 0 spiro atoms. The van der Waals surface area contributed by atoms with Crippen LogP contribution in [-0.4, -0.2) is 37.2 Å². The van der Waals surface area contributed by atoms with E-state index in [1.165, 1.54) is 12.1 Å². The van der Waals surface area contributed by atoms with Gasteiger partial charge in [-0.3, -0.25) is 10.1 Å². The van der Waals surface area contributed by atoms with Gasteiger partial charge in [-0.1, -0.05) is 6.07 Å². The first-order chi connectivity index (χ1) is 12.1. The summed E-state index contributed by atoms with van der Waals surface area (Å²) in [6.07, 6.45) is 4.54. The minimum absolute atomic E-state index is 0.00771. The third-order valence-corrected chi connectivity index (χ3v) is 4.58. The lowest BCUT2D eigenvalue weighted by atomic mass is 10.2. The predicted octanol–water partition coefficient (Wildman–Crippen LogP) is 2.65. The number of hydrogen-bond donors (Lipinski definition) is 1. The smallest absolute Gasteiger partial charge is 0.270 e. The van der Waals surface area contributed by atoms with Crippen molar-refractivity contribution < 1.29 is 9.34 Å². The van der Waals surface area contributed by atoms with E-state index in [-0.39, 0.29) is 11.6 Å². The van der Waals surface area contributed by atoms with Crippen LogP contribution in [-0.2, 0) is 6.54 Å². The van der Waals surface area contributed by atoms with Gasteiger partial charge in [-0.2, -0.15) is 0 Å². The van der Waals surface area contributed by atoms with Gasteiger partial charge in [0.15, 0.2) is 5.11 Å². The maximum Gasteiger partial charge on any atom is 0.270 e. The maximum atomic E-state index is 10.9. The summed E-state index contributed by atoms with van der Waals surface area (Å²) >= 11 is 5.50. The molecule has 0 amide bonds. The molecule has 9 heteroatoms. The number of nitrogens with one attached hydrogen (secondary N) is 1. The average molecular weight is 359 g/mol. The van der Waals surface area contributed by atoms with E-state index >= 15 is 0 Å². The van der Waals surface area contributed by atoms with Crippen molar-refractivity contribution in [3.05, 3.63) is 40.3 Å². The topological polar surface area (TPSA) is 97.3 Å². The first kappa shape index (κ1) is 15.9. The SMILES string of the molecule is O=[N+]([O-])c1cccc(-c2nnc(CN(C(=S)NC3CC3)C3CC3)o2)c1. The van der Waals surface area contributed by atoms with Crippen molar-refractivity contribution in [2.24, 2.45) is 0 Å². The molecule has 8 nitrogen and oxygen atoms in total. The molecule has 2 aliphatic carbocycles. The number of nitro benzene ring substituents is 1. The minimum atomic E-state index is -0.447. The lowest BCUT2D eigenvalue weighted by Gasteiger charge is -2.24. The number of rotatable bonds is 6. The predicted molar refractivity (Wildman–Crippen MR) is 93.7 cm³/mol. The van der Waals surface area contributed by atoms with Crippen LogP contribution < -0.4 is 5.32 Å². The Hall–Kier alpha value is -2.55. The lowest BCUT2D eigenvalue weighted by molar-refractivity contribution is -0.384.